The molecule has 0 aliphatic rings. The summed E-state index contributed by atoms with van der Waals surface area (Å²) in [5.74, 6) is -2.87. The van der Waals surface area contributed by atoms with E-state index >= 15 is 0 Å². The van der Waals surface area contributed by atoms with E-state index in [0.717, 1.165) is 0 Å². The van der Waals surface area contributed by atoms with Gasteiger partial charge in [-0.25, -0.2) is 4.98 Å². The van der Waals surface area contributed by atoms with Crippen LogP contribution in [0, 0.1) is 5.92 Å². The van der Waals surface area contributed by atoms with Gasteiger partial charge in [-0.1, -0.05) is 11.6 Å². The van der Waals surface area contributed by atoms with Crippen LogP contribution in [0.1, 0.15) is 6.92 Å². The van der Waals surface area contributed by atoms with Crippen LogP contribution in [-0.4, -0.2) is 22.0 Å². The molecule has 0 fully saturated rings. The van der Waals surface area contributed by atoms with Crippen molar-refractivity contribution >= 4 is 29.2 Å². The van der Waals surface area contributed by atoms with E-state index in [1.54, 1.807) is 0 Å². The molecule has 2 N–H and O–H groups in total. The summed E-state index contributed by atoms with van der Waals surface area (Å²) in [6.45, 7) is 1.31. The number of nitrogens with zero attached hydrogens (tertiary/aromatic N) is 1. The zero-order valence-corrected chi connectivity index (χ0v) is 8.65. The molecule has 0 aromatic carbocycles. The fourth-order valence-electron chi connectivity index (χ4n) is 0.843. The highest BCUT2D eigenvalue weighted by molar-refractivity contribution is 6.29. The quantitative estimate of drug-likeness (QED) is 0.605. The molecule has 0 aliphatic carbocycles. The van der Waals surface area contributed by atoms with Gasteiger partial charge in [-0.15, -0.1) is 0 Å². The van der Waals surface area contributed by atoms with Crippen molar-refractivity contribution in [3.63, 3.8) is 0 Å². The first kappa shape index (κ1) is 11.5. The molecular formula is C9H9ClN2O3. The summed E-state index contributed by atoms with van der Waals surface area (Å²) in [4.78, 5) is 25.5. The summed E-state index contributed by atoms with van der Waals surface area (Å²) in [5, 5.41) is 11.2. The zero-order chi connectivity index (χ0) is 11.4. The van der Waals surface area contributed by atoms with Crippen LogP contribution in [0.2, 0.25) is 5.15 Å². The Morgan fingerprint density at radius 2 is 2.27 bits per heavy atom. The maximum Gasteiger partial charge on any atom is 0.315 e. The lowest BCUT2D eigenvalue weighted by molar-refractivity contribution is -0.144. The average molecular weight is 229 g/mol. The van der Waals surface area contributed by atoms with Gasteiger partial charge in [-0.3, -0.25) is 9.59 Å². The lowest BCUT2D eigenvalue weighted by Crippen LogP contribution is -2.26. The number of amides is 1. The molecule has 0 spiro atoms. The Labute approximate surface area is 91.1 Å². The first-order valence-electron chi connectivity index (χ1n) is 4.16. The SMILES string of the molecule is CC(C(=O)O)C(=O)Nc1ccnc(Cl)c1. The molecule has 1 aromatic rings. The number of carboxylic acid groups (broad SMARTS) is 1. The number of nitrogens with one attached hydrogen (secondary N) is 1. The molecule has 0 saturated carbocycles. The number of anilines is 1. The van der Waals surface area contributed by atoms with Crippen molar-refractivity contribution in [2.75, 3.05) is 5.32 Å². The molecule has 80 valence electrons. The Balaban J connectivity index is 2.70. The maximum atomic E-state index is 11.3. The van der Waals surface area contributed by atoms with Gasteiger partial charge in [-0.05, 0) is 19.1 Å². The average Bonchev–Trinajstić information content (AvgIpc) is 2.16. The highest BCUT2D eigenvalue weighted by atomic mass is 35.5. The van der Waals surface area contributed by atoms with Gasteiger partial charge >= 0.3 is 5.97 Å². The van der Waals surface area contributed by atoms with E-state index in [-0.39, 0.29) is 5.15 Å². The van der Waals surface area contributed by atoms with Crippen LogP contribution < -0.4 is 5.32 Å². The van der Waals surface area contributed by atoms with Gasteiger partial charge in [0.2, 0.25) is 5.91 Å². The number of carbonyl (C=O) groups is 2. The lowest BCUT2D eigenvalue weighted by atomic mass is 10.1. The molecule has 1 aromatic heterocycles. The molecule has 1 heterocycles. The topological polar surface area (TPSA) is 79.3 Å². The van der Waals surface area contributed by atoms with Crippen molar-refractivity contribution in [1.82, 2.24) is 4.98 Å². The highest BCUT2D eigenvalue weighted by Gasteiger charge is 2.20. The predicted molar refractivity (Wildman–Crippen MR) is 54.7 cm³/mol. The van der Waals surface area contributed by atoms with Crippen LogP contribution >= 0.6 is 11.6 Å². The molecule has 0 saturated heterocycles. The van der Waals surface area contributed by atoms with Crippen LogP contribution in [0.5, 0.6) is 0 Å². The van der Waals surface area contributed by atoms with E-state index < -0.39 is 17.8 Å². The summed E-state index contributed by atoms with van der Waals surface area (Å²) in [6.07, 6.45) is 1.42. The van der Waals surface area contributed by atoms with Crippen molar-refractivity contribution in [2.24, 2.45) is 5.92 Å². The summed E-state index contributed by atoms with van der Waals surface area (Å²) in [5.41, 5.74) is 0.424. The highest BCUT2D eigenvalue weighted by Crippen LogP contribution is 2.12. The molecule has 1 amide bonds. The molecule has 1 rings (SSSR count). The van der Waals surface area contributed by atoms with Crippen molar-refractivity contribution < 1.29 is 14.7 Å². The van der Waals surface area contributed by atoms with E-state index in [4.69, 9.17) is 16.7 Å². The smallest absolute Gasteiger partial charge is 0.315 e. The first-order chi connectivity index (χ1) is 7.00. The Morgan fingerprint density at radius 3 is 2.80 bits per heavy atom. The van der Waals surface area contributed by atoms with Gasteiger partial charge in [0.15, 0.2) is 0 Å². The number of rotatable bonds is 3. The second-order valence-electron chi connectivity index (χ2n) is 2.92. The van der Waals surface area contributed by atoms with E-state index in [2.05, 4.69) is 10.3 Å². The second kappa shape index (κ2) is 4.75. The van der Waals surface area contributed by atoms with Gasteiger partial charge < -0.3 is 10.4 Å². The minimum Gasteiger partial charge on any atom is -0.481 e. The van der Waals surface area contributed by atoms with Gasteiger partial charge in [-0.2, -0.15) is 0 Å². The summed E-state index contributed by atoms with van der Waals surface area (Å²) >= 11 is 5.59. The molecular weight excluding hydrogens is 220 g/mol. The van der Waals surface area contributed by atoms with E-state index in [1.165, 1.54) is 25.3 Å². The van der Waals surface area contributed by atoms with E-state index in [1.807, 2.05) is 0 Å². The lowest BCUT2D eigenvalue weighted by Gasteiger charge is -2.07. The molecule has 0 radical (unpaired) electrons. The third kappa shape index (κ3) is 3.21. The Kier molecular flexibility index (Phi) is 3.62. The Hall–Kier alpha value is -1.62. The zero-order valence-electron chi connectivity index (χ0n) is 7.90. The number of halogens is 1. The number of pyridine rings is 1. The number of hydrogen-bond acceptors (Lipinski definition) is 3. The van der Waals surface area contributed by atoms with Crippen LogP contribution in [0.15, 0.2) is 18.3 Å². The Morgan fingerprint density at radius 1 is 1.60 bits per heavy atom. The molecule has 15 heavy (non-hydrogen) atoms. The molecule has 1 unspecified atom stereocenters. The standard InChI is InChI=1S/C9H9ClN2O3/c1-5(9(14)15)8(13)12-6-2-3-11-7(10)4-6/h2-5H,1H3,(H,14,15)(H,11,12,13). The van der Waals surface area contributed by atoms with E-state index in [0.29, 0.717) is 5.69 Å². The second-order valence-corrected chi connectivity index (χ2v) is 3.30. The first-order valence-corrected chi connectivity index (χ1v) is 4.53. The number of carboxylic acids is 1. The number of hydrogen-bond donors (Lipinski definition) is 2. The largest absolute Gasteiger partial charge is 0.481 e. The van der Waals surface area contributed by atoms with Crippen LogP contribution in [0.3, 0.4) is 0 Å². The van der Waals surface area contributed by atoms with Crippen LogP contribution in [0.4, 0.5) is 5.69 Å². The monoisotopic (exact) mass is 228 g/mol. The fourth-order valence-corrected chi connectivity index (χ4v) is 1.02. The molecule has 0 aliphatic heterocycles. The van der Waals surface area contributed by atoms with Crippen molar-refractivity contribution in [3.8, 4) is 0 Å². The van der Waals surface area contributed by atoms with Gasteiger partial charge in [0.25, 0.3) is 0 Å². The molecule has 5 nitrogen and oxygen atoms in total. The van der Waals surface area contributed by atoms with Gasteiger partial charge in [0.05, 0.1) is 0 Å². The van der Waals surface area contributed by atoms with Gasteiger partial charge in [0, 0.05) is 11.9 Å². The van der Waals surface area contributed by atoms with Crippen molar-refractivity contribution in [1.29, 1.82) is 0 Å². The van der Waals surface area contributed by atoms with Crippen molar-refractivity contribution in [2.45, 2.75) is 6.92 Å². The predicted octanol–water partition coefficient (Wildman–Crippen LogP) is 1.39. The number of aliphatic carboxylic acids is 1. The summed E-state index contributed by atoms with van der Waals surface area (Å²) in [7, 11) is 0. The van der Waals surface area contributed by atoms with Crippen LogP contribution in [-0.2, 0) is 9.59 Å². The van der Waals surface area contributed by atoms with Crippen molar-refractivity contribution in [3.05, 3.63) is 23.5 Å². The van der Waals surface area contributed by atoms with E-state index in [9.17, 15) is 9.59 Å². The normalized spacial score (nSPS) is 11.9. The molecule has 6 heteroatoms. The summed E-state index contributed by atoms with van der Waals surface area (Å²) in [6, 6.07) is 2.96. The molecule has 0 bridgehead atoms. The number of aromatic nitrogens is 1. The van der Waals surface area contributed by atoms with Crippen LogP contribution in [0.25, 0.3) is 0 Å². The maximum absolute atomic E-state index is 11.3. The minimum absolute atomic E-state index is 0.232. The fraction of sp³-hybridized carbons (Fsp3) is 0.222. The van der Waals surface area contributed by atoms with Gasteiger partial charge in [0.1, 0.15) is 11.1 Å². The Bertz CT molecular complexity index is 395. The third-order valence-electron chi connectivity index (χ3n) is 1.76. The molecule has 1 atom stereocenters. The minimum atomic E-state index is -1.17. The number of carbonyl (C=O) groups excluding carboxylic acids is 1. The third-order valence-corrected chi connectivity index (χ3v) is 1.96. The summed E-state index contributed by atoms with van der Waals surface area (Å²) < 4.78 is 0.